The third kappa shape index (κ3) is 4.89. The monoisotopic (exact) mass is 539 g/mol. The number of hydrogen-bond donors (Lipinski definition) is 3. The van der Waals surface area contributed by atoms with Gasteiger partial charge in [-0.2, -0.15) is 0 Å². The number of nitrogens with zero attached hydrogens (tertiary/aromatic N) is 2. The second-order valence-corrected chi connectivity index (χ2v) is 11.0. The van der Waals surface area contributed by atoms with Gasteiger partial charge in [-0.15, -0.1) is 0 Å². The fraction of sp³-hybridized carbons (Fsp3) is 0.364. The lowest BCUT2D eigenvalue weighted by Gasteiger charge is -2.54. The Hall–Kier alpha value is -3.65. The Morgan fingerprint density at radius 1 is 1.07 bits per heavy atom. The largest absolute Gasteiger partial charge is 0.396 e. The summed E-state index contributed by atoms with van der Waals surface area (Å²) in [5.74, 6) is -0.531. The fourth-order valence-corrected chi connectivity index (χ4v) is 6.79. The third-order valence-corrected chi connectivity index (χ3v) is 8.70. The van der Waals surface area contributed by atoms with Gasteiger partial charge in [0.25, 0.3) is 5.91 Å². The van der Waals surface area contributed by atoms with Gasteiger partial charge in [-0.1, -0.05) is 86.6 Å². The van der Waals surface area contributed by atoms with Crippen molar-refractivity contribution >= 4 is 16.7 Å². The topological polar surface area (TPSA) is 105 Å². The van der Waals surface area contributed by atoms with Crippen LogP contribution in [0.15, 0.2) is 91.4 Å². The molecule has 1 saturated carbocycles. The number of amides is 1. The number of aliphatic hydroxyl groups excluding tert-OH is 2. The summed E-state index contributed by atoms with van der Waals surface area (Å²) in [5, 5.41) is 28.2. The molecule has 1 heterocycles. The van der Waals surface area contributed by atoms with Crippen LogP contribution in [0, 0.1) is 5.92 Å². The highest BCUT2D eigenvalue weighted by atomic mass is 16.5. The summed E-state index contributed by atoms with van der Waals surface area (Å²) in [5.41, 5.74) is 0.205. The standard InChI is InChI=1S/C33H37N3O4/c1-23(2)33(18-20-37,36-31(39)28-16-19-34-22-35-28)32(27-14-8-12-25-11-6-7-13-26(25)27)17-15-29(30(32)38)40-21-24-9-4-3-5-10-24/h3-14,16,19,22-23,29-30,37-38H,15,17-18,20-21H2,1-2H3,(H,36,39). The van der Waals surface area contributed by atoms with Crippen LogP contribution >= 0.6 is 0 Å². The Morgan fingerprint density at radius 3 is 2.55 bits per heavy atom. The summed E-state index contributed by atoms with van der Waals surface area (Å²) >= 11 is 0. The molecule has 0 radical (unpaired) electrons. The molecule has 1 aliphatic rings. The Morgan fingerprint density at radius 2 is 1.82 bits per heavy atom. The highest BCUT2D eigenvalue weighted by Crippen LogP contribution is 2.55. The van der Waals surface area contributed by atoms with Gasteiger partial charge in [0.05, 0.1) is 24.4 Å². The number of hydrogen-bond acceptors (Lipinski definition) is 6. The molecule has 4 aromatic rings. The molecule has 40 heavy (non-hydrogen) atoms. The van der Waals surface area contributed by atoms with Crippen molar-refractivity contribution in [1.82, 2.24) is 15.3 Å². The lowest BCUT2D eigenvalue weighted by molar-refractivity contribution is -0.0749. The minimum absolute atomic E-state index is 0.160. The minimum Gasteiger partial charge on any atom is -0.396 e. The van der Waals surface area contributed by atoms with Gasteiger partial charge in [-0.05, 0) is 53.1 Å². The first-order chi connectivity index (χ1) is 19.4. The van der Waals surface area contributed by atoms with Gasteiger partial charge in [0, 0.05) is 18.2 Å². The van der Waals surface area contributed by atoms with Crippen molar-refractivity contribution in [2.24, 2.45) is 5.92 Å². The zero-order valence-corrected chi connectivity index (χ0v) is 23.0. The first-order valence-corrected chi connectivity index (χ1v) is 13.9. The van der Waals surface area contributed by atoms with Crippen molar-refractivity contribution in [3.63, 3.8) is 0 Å². The molecule has 0 spiro atoms. The second-order valence-electron chi connectivity index (χ2n) is 11.0. The Labute approximate surface area is 235 Å². The van der Waals surface area contributed by atoms with E-state index in [0.717, 1.165) is 21.9 Å². The maximum atomic E-state index is 13.7. The number of fused-ring (bicyclic) bond motifs is 1. The summed E-state index contributed by atoms with van der Waals surface area (Å²) < 4.78 is 6.39. The van der Waals surface area contributed by atoms with E-state index in [9.17, 15) is 15.0 Å². The molecule has 1 aliphatic carbocycles. The van der Waals surface area contributed by atoms with Gasteiger partial charge in [0.15, 0.2) is 0 Å². The summed E-state index contributed by atoms with van der Waals surface area (Å²) in [6, 6.07) is 25.7. The predicted molar refractivity (Wildman–Crippen MR) is 155 cm³/mol. The van der Waals surface area contributed by atoms with Crippen molar-refractivity contribution in [3.8, 4) is 0 Å². The molecule has 7 nitrogen and oxygen atoms in total. The van der Waals surface area contributed by atoms with Crippen LogP contribution in [0.1, 0.15) is 54.7 Å². The van der Waals surface area contributed by atoms with Gasteiger partial charge in [-0.3, -0.25) is 4.79 Å². The van der Waals surface area contributed by atoms with Gasteiger partial charge >= 0.3 is 0 Å². The van der Waals surface area contributed by atoms with Gasteiger partial charge in [-0.25, -0.2) is 9.97 Å². The Balaban J connectivity index is 1.66. The predicted octanol–water partition coefficient (Wildman–Crippen LogP) is 4.81. The fourth-order valence-electron chi connectivity index (χ4n) is 6.79. The lowest BCUT2D eigenvalue weighted by Crippen LogP contribution is -2.69. The van der Waals surface area contributed by atoms with Crippen molar-refractivity contribution in [2.45, 2.75) is 62.9 Å². The molecule has 1 fully saturated rings. The smallest absolute Gasteiger partial charge is 0.270 e. The zero-order chi connectivity index (χ0) is 28.2. The van der Waals surface area contributed by atoms with E-state index in [0.29, 0.717) is 19.4 Å². The van der Waals surface area contributed by atoms with Crippen molar-refractivity contribution in [1.29, 1.82) is 0 Å². The molecule has 208 valence electrons. The van der Waals surface area contributed by atoms with Crippen LogP contribution in [0.25, 0.3) is 10.8 Å². The number of ether oxygens (including phenoxy) is 1. The SMILES string of the molecule is CC(C)C(CCO)(NC(=O)c1ccncn1)C1(c2cccc3ccccc23)CCC(OCc2ccccc2)C1O. The van der Waals surface area contributed by atoms with E-state index in [4.69, 9.17) is 4.74 Å². The zero-order valence-electron chi connectivity index (χ0n) is 23.0. The Bertz CT molecular complexity index is 1430. The van der Waals surface area contributed by atoms with Crippen LogP contribution < -0.4 is 5.32 Å². The molecule has 0 bridgehead atoms. The highest BCUT2D eigenvalue weighted by Gasteiger charge is 2.63. The first kappa shape index (κ1) is 27.9. The van der Waals surface area contributed by atoms with Gasteiger partial charge in [0.1, 0.15) is 12.0 Å². The quantitative estimate of drug-likeness (QED) is 0.267. The highest BCUT2D eigenvalue weighted by molar-refractivity contribution is 5.93. The number of rotatable bonds is 10. The molecule has 5 rings (SSSR count). The molecule has 7 heteroatoms. The van der Waals surface area contributed by atoms with Crippen LogP contribution in [0.5, 0.6) is 0 Å². The number of aromatic nitrogens is 2. The molecule has 1 amide bonds. The maximum Gasteiger partial charge on any atom is 0.270 e. The number of carbonyl (C=O) groups excluding carboxylic acids is 1. The molecule has 3 N–H and O–H groups in total. The summed E-state index contributed by atoms with van der Waals surface area (Å²) in [6.45, 7) is 4.27. The molecule has 1 aromatic heterocycles. The number of carbonyl (C=O) groups is 1. The molecular weight excluding hydrogens is 502 g/mol. The molecule has 0 saturated heterocycles. The van der Waals surface area contributed by atoms with Crippen molar-refractivity contribution in [2.75, 3.05) is 6.61 Å². The van der Waals surface area contributed by atoms with Gasteiger partial charge in [0.2, 0.25) is 0 Å². The molecule has 4 atom stereocenters. The third-order valence-electron chi connectivity index (χ3n) is 8.70. The maximum absolute atomic E-state index is 13.7. The molecule has 0 aliphatic heterocycles. The molecule has 3 aromatic carbocycles. The lowest BCUT2D eigenvalue weighted by atomic mass is 9.56. The van der Waals surface area contributed by atoms with Crippen LogP contribution in [0.2, 0.25) is 0 Å². The van der Waals surface area contributed by atoms with E-state index in [1.807, 2.05) is 62.4 Å². The normalized spacial score (nSPS) is 22.3. The van der Waals surface area contributed by atoms with Crippen LogP contribution in [-0.4, -0.2) is 50.4 Å². The number of nitrogens with one attached hydrogen (secondary N) is 1. The Kier molecular flexibility index (Phi) is 8.26. The molecular formula is C33H37N3O4. The van der Waals surface area contributed by atoms with E-state index in [-0.39, 0.29) is 30.5 Å². The van der Waals surface area contributed by atoms with Gasteiger partial charge < -0.3 is 20.3 Å². The van der Waals surface area contributed by atoms with E-state index in [1.165, 1.54) is 12.5 Å². The molecule has 4 unspecified atom stereocenters. The minimum atomic E-state index is -1.03. The summed E-state index contributed by atoms with van der Waals surface area (Å²) in [4.78, 5) is 21.9. The number of aliphatic hydroxyl groups is 2. The van der Waals surface area contributed by atoms with Crippen molar-refractivity contribution in [3.05, 3.63) is 108 Å². The summed E-state index contributed by atoms with van der Waals surface area (Å²) in [6.07, 6.45) is 2.85. The first-order valence-electron chi connectivity index (χ1n) is 13.9. The number of benzene rings is 3. The van der Waals surface area contributed by atoms with Crippen LogP contribution in [-0.2, 0) is 16.8 Å². The van der Waals surface area contributed by atoms with E-state index < -0.39 is 23.2 Å². The summed E-state index contributed by atoms with van der Waals surface area (Å²) in [7, 11) is 0. The second kappa shape index (κ2) is 11.8. The van der Waals surface area contributed by atoms with E-state index >= 15 is 0 Å². The van der Waals surface area contributed by atoms with E-state index in [2.05, 4.69) is 39.6 Å². The van der Waals surface area contributed by atoms with E-state index in [1.54, 1.807) is 6.07 Å². The average molecular weight is 540 g/mol. The van der Waals surface area contributed by atoms with Crippen LogP contribution in [0.3, 0.4) is 0 Å². The van der Waals surface area contributed by atoms with Crippen LogP contribution in [0.4, 0.5) is 0 Å². The van der Waals surface area contributed by atoms with Crippen molar-refractivity contribution < 1.29 is 19.7 Å². The average Bonchev–Trinajstić information content (AvgIpc) is 3.32.